The number of carboxylic acid groups (broad SMARTS) is 1. The standard InChI is InChI=1S/C17H19N3O3/c1-23-11-20-18-8-14(19-20)12-2-4-13(5-3-12)17(15(21)22)9-16(10-17)6-7-16/h2-5,8H,6-7,9-11H2,1H3,(H,21,22). The van der Waals surface area contributed by atoms with Crippen molar-refractivity contribution < 1.29 is 14.6 Å². The number of hydrogen-bond donors (Lipinski definition) is 1. The van der Waals surface area contributed by atoms with Crippen molar-refractivity contribution in [2.75, 3.05) is 7.11 Å². The van der Waals surface area contributed by atoms with E-state index in [9.17, 15) is 9.90 Å². The first-order valence-corrected chi connectivity index (χ1v) is 7.80. The number of aliphatic carboxylic acids is 1. The fraction of sp³-hybridized carbons (Fsp3) is 0.471. The number of benzene rings is 1. The molecule has 1 aromatic heterocycles. The topological polar surface area (TPSA) is 77.2 Å². The molecule has 0 bridgehead atoms. The Hall–Kier alpha value is -2.21. The van der Waals surface area contributed by atoms with Crippen LogP contribution in [0.3, 0.4) is 0 Å². The van der Waals surface area contributed by atoms with Crippen molar-refractivity contribution in [3.8, 4) is 11.3 Å². The zero-order valence-electron chi connectivity index (χ0n) is 13.0. The van der Waals surface area contributed by atoms with Crippen LogP contribution in [0.4, 0.5) is 0 Å². The number of methoxy groups -OCH3 is 1. The van der Waals surface area contributed by atoms with Gasteiger partial charge in [0.25, 0.3) is 0 Å². The summed E-state index contributed by atoms with van der Waals surface area (Å²) < 4.78 is 4.99. The van der Waals surface area contributed by atoms with E-state index in [4.69, 9.17) is 4.74 Å². The fourth-order valence-corrected chi connectivity index (χ4v) is 3.81. The maximum atomic E-state index is 11.8. The van der Waals surface area contributed by atoms with Crippen LogP contribution in [-0.4, -0.2) is 33.2 Å². The van der Waals surface area contributed by atoms with Gasteiger partial charge in [0.05, 0.1) is 11.6 Å². The molecular formula is C17H19N3O3. The predicted octanol–water partition coefficient (Wildman–Crippen LogP) is 2.45. The lowest BCUT2D eigenvalue weighted by molar-refractivity contribution is -0.150. The first-order valence-electron chi connectivity index (χ1n) is 7.80. The average molecular weight is 313 g/mol. The summed E-state index contributed by atoms with van der Waals surface area (Å²) >= 11 is 0. The molecule has 1 N–H and O–H groups in total. The Bertz CT molecular complexity index is 739. The van der Waals surface area contributed by atoms with Gasteiger partial charge in [0, 0.05) is 12.7 Å². The van der Waals surface area contributed by atoms with E-state index in [1.807, 2.05) is 24.3 Å². The van der Waals surface area contributed by atoms with E-state index >= 15 is 0 Å². The zero-order chi connectivity index (χ0) is 16.1. The van der Waals surface area contributed by atoms with Gasteiger partial charge in [0.2, 0.25) is 0 Å². The second kappa shape index (κ2) is 4.89. The van der Waals surface area contributed by atoms with Crippen molar-refractivity contribution >= 4 is 5.97 Å². The van der Waals surface area contributed by atoms with E-state index < -0.39 is 11.4 Å². The Morgan fingerprint density at radius 1 is 1.30 bits per heavy atom. The minimum absolute atomic E-state index is 0.308. The summed E-state index contributed by atoms with van der Waals surface area (Å²) in [6.07, 6.45) is 5.60. The molecule has 1 spiro atoms. The van der Waals surface area contributed by atoms with E-state index in [0.717, 1.165) is 29.7 Å². The third-order valence-corrected chi connectivity index (χ3v) is 5.23. The lowest BCUT2D eigenvalue weighted by Crippen LogP contribution is -2.49. The third-order valence-electron chi connectivity index (χ3n) is 5.23. The molecule has 1 aromatic carbocycles. The molecule has 2 saturated carbocycles. The fourth-order valence-electron chi connectivity index (χ4n) is 3.81. The van der Waals surface area contributed by atoms with Gasteiger partial charge < -0.3 is 9.84 Å². The highest BCUT2D eigenvalue weighted by Crippen LogP contribution is 2.69. The minimum Gasteiger partial charge on any atom is -0.481 e. The number of carbonyl (C=O) groups is 1. The Kier molecular flexibility index (Phi) is 3.06. The van der Waals surface area contributed by atoms with Gasteiger partial charge in [-0.1, -0.05) is 24.3 Å². The SMILES string of the molecule is COCn1ncc(-c2ccc(C3(C(=O)O)CC4(CC4)C3)cc2)n1. The molecule has 0 aliphatic heterocycles. The van der Waals surface area contributed by atoms with Crippen LogP contribution in [0.5, 0.6) is 0 Å². The van der Waals surface area contributed by atoms with Crippen LogP contribution in [0.25, 0.3) is 11.3 Å². The van der Waals surface area contributed by atoms with Gasteiger partial charge in [-0.3, -0.25) is 4.79 Å². The molecule has 2 aromatic rings. The van der Waals surface area contributed by atoms with Gasteiger partial charge in [0.15, 0.2) is 6.73 Å². The predicted molar refractivity (Wildman–Crippen MR) is 82.7 cm³/mol. The summed E-state index contributed by atoms with van der Waals surface area (Å²) in [4.78, 5) is 13.3. The maximum Gasteiger partial charge on any atom is 0.314 e. The summed E-state index contributed by atoms with van der Waals surface area (Å²) in [7, 11) is 1.59. The molecule has 0 saturated heterocycles. The molecule has 0 amide bonds. The smallest absolute Gasteiger partial charge is 0.314 e. The lowest BCUT2D eigenvalue weighted by Gasteiger charge is -2.45. The van der Waals surface area contributed by atoms with Gasteiger partial charge >= 0.3 is 5.97 Å². The largest absolute Gasteiger partial charge is 0.481 e. The number of aromatic nitrogens is 3. The molecule has 4 rings (SSSR count). The van der Waals surface area contributed by atoms with Crippen molar-refractivity contribution in [3.63, 3.8) is 0 Å². The first kappa shape index (κ1) is 14.4. The monoisotopic (exact) mass is 313 g/mol. The van der Waals surface area contributed by atoms with Gasteiger partial charge in [-0.15, -0.1) is 0 Å². The number of carboxylic acids is 1. The number of hydrogen-bond acceptors (Lipinski definition) is 4. The van der Waals surface area contributed by atoms with Gasteiger partial charge in [0.1, 0.15) is 5.69 Å². The number of ether oxygens (including phenoxy) is 1. The van der Waals surface area contributed by atoms with Gasteiger partial charge in [-0.05, 0) is 36.7 Å². The van der Waals surface area contributed by atoms with E-state index in [1.165, 1.54) is 17.6 Å². The molecule has 6 nitrogen and oxygen atoms in total. The van der Waals surface area contributed by atoms with Gasteiger partial charge in [-0.2, -0.15) is 15.0 Å². The molecule has 1 heterocycles. The summed E-state index contributed by atoms with van der Waals surface area (Å²) in [5.74, 6) is -0.700. The summed E-state index contributed by atoms with van der Waals surface area (Å²) in [6, 6.07) is 7.71. The van der Waals surface area contributed by atoms with Crippen LogP contribution < -0.4 is 0 Å². The average Bonchev–Trinajstić information content (AvgIpc) is 3.17. The van der Waals surface area contributed by atoms with Crippen molar-refractivity contribution in [2.45, 2.75) is 37.8 Å². The number of nitrogens with zero attached hydrogens (tertiary/aromatic N) is 3. The molecule has 2 aliphatic carbocycles. The molecule has 0 unspecified atom stereocenters. The molecule has 0 radical (unpaired) electrons. The molecule has 6 heteroatoms. The van der Waals surface area contributed by atoms with Crippen molar-refractivity contribution in [1.29, 1.82) is 0 Å². The maximum absolute atomic E-state index is 11.8. The summed E-state index contributed by atoms with van der Waals surface area (Å²) in [6.45, 7) is 0.308. The van der Waals surface area contributed by atoms with Crippen molar-refractivity contribution in [1.82, 2.24) is 15.0 Å². The minimum atomic E-state index is -0.700. The van der Waals surface area contributed by atoms with Crippen LogP contribution >= 0.6 is 0 Å². The molecule has 120 valence electrons. The zero-order valence-corrected chi connectivity index (χ0v) is 13.0. The van der Waals surface area contributed by atoms with Crippen LogP contribution in [0, 0.1) is 5.41 Å². The highest BCUT2D eigenvalue weighted by molar-refractivity contribution is 5.83. The molecule has 2 aliphatic rings. The molecule has 23 heavy (non-hydrogen) atoms. The highest BCUT2D eigenvalue weighted by atomic mass is 16.5. The van der Waals surface area contributed by atoms with E-state index in [2.05, 4.69) is 10.2 Å². The molecular weight excluding hydrogens is 294 g/mol. The highest BCUT2D eigenvalue weighted by Gasteiger charge is 2.64. The Labute approximate surface area is 134 Å². The summed E-state index contributed by atoms with van der Waals surface area (Å²) in [5, 5.41) is 18.2. The van der Waals surface area contributed by atoms with Crippen LogP contribution in [0.2, 0.25) is 0 Å². The van der Waals surface area contributed by atoms with Crippen LogP contribution in [0.15, 0.2) is 30.5 Å². The van der Waals surface area contributed by atoms with Crippen LogP contribution in [-0.2, 0) is 21.7 Å². The third kappa shape index (κ3) is 2.25. The quantitative estimate of drug-likeness (QED) is 0.917. The van der Waals surface area contributed by atoms with E-state index in [-0.39, 0.29) is 0 Å². The molecule has 0 atom stereocenters. The van der Waals surface area contributed by atoms with Crippen molar-refractivity contribution in [2.24, 2.45) is 5.41 Å². The molecule has 2 fully saturated rings. The van der Waals surface area contributed by atoms with E-state index in [0.29, 0.717) is 12.1 Å². The second-order valence-corrected chi connectivity index (χ2v) is 6.84. The Morgan fingerprint density at radius 2 is 2.00 bits per heavy atom. The van der Waals surface area contributed by atoms with Crippen LogP contribution in [0.1, 0.15) is 31.2 Å². The second-order valence-electron chi connectivity index (χ2n) is 6.84. The Morgan fingerprint density at radius 3 is 2.57 bits per heavy atom. The first-order chi connectivity index (χ1) is 11.1. The van der Waals surface area contributed by atoms with Gasteiger partial charge in [-0.25, -0.2) is 0 Å². The number of rotatable bonds is 5. The Balaban J connectivity index is 1.58. The van der Waals surface area contributed by atoms with Crippen molar-refractivity contribution in [3.05, 3.63) is 36.0 Å². The lowest BCUT2D eigenvalue weighted by atomic mass is 9.56. The van der Waals surface area contributed by atoms with E-state index in [1.54, 1.807) is 13.3 Å². The summed E-state index contributed by atoms with van der Waals surface area (Å²) in [5.41, 5.74) is 2.22. The normalized spacial score (nSPS) is 20.2.